The number of primary amides is 1. The van der Waals surface area contributed by atoms with Gasteiger partial charge in [0, 0.05) is 6.07 Å². The monoisotopic (exact) mass is 436 g/mol. The molecule has 0 aliphatic carbocycles. The van der Waals surface area contributed by atoms with Gasteiger partial charge >= 0.3 is 6.03 Å². The first kappa shape index (κ1) is 22.6. The number of ether oxygens (including phenoxy) is 2. The van der Waals surface area contributed by atoms with Gasteiger partial charge in [-0.25, -0.2) is 9.10 Å². The van der Waals surface area contributed by atoms with Crippen LogP contribution in [0.1, 0.15) is 19.8 Å². The molecule has 2 amide bonds. The lowest BCUT2D eigenvalue weighted by Gasteiger charge is -2.15. The van der Waals surface area contributed by atoms with Crippen LogP contribution < -0.4 is 19.5 Å². The summed E-state index contributed by atoms with van der Waals surface area (Å²) >= 11 is 4.07. The third kappa shape index (κ3) is 6.96. The Hall–Kier alpha value is -3.12. The minimum atomic E-state index is -0.635. The molecular formula is C25H28N2O3S. The number of benzene rings is 3. The second-order valence-electron chi connectivity index (χ2n) is 7.42. The smallest absolute Gasteiger partial charge is 0.329 e. The number of nitrogens with zero attached hydrogens (tertiary/aromatic N) is 1. The third-order valence-corrected chi connectivity index (χ3v) is 5.42. The second kappa shape index (κ2) is 11.3. The van der Waals surface area contributed by atoms with Crippen LogP contribution in [0.25, 0.3) is 11.1 Å². The average molecular weight is 437 g/mol. The van der Waals surface area contributed by atoms with E-state index >= 15 is 0 Å². The maximum absolute atomic E-state index is 11.2. The number of thiol groups is 1. The van der Waals surface area contributed by atoms with Gasteiger partial charge in [-0.3, -0.25) is 0 Å². The average Bonchev–Trinajstić information content (AvgIpc) is 2.80. The molecule has 2 N–H and O–H groups in total. The van der Waals surface area contributed by atoms with Crippen molar-refractivity contribution in [1.82, 2.24) is 0 Å². The number of nitrogens with two attached hydrogens (primary N) is 1. The Kier molecular flexibility index (Phi) is 8.24. The summed E-state index contributed by atoms with van der Waals surface area (Å²) in [6.07, 6.45) is 1.84. The quantitative estimate of drug-likeness (QED) is 0.386. The number of amides is 2. The standard InChI is InChI=1S/C25H28N2O3S/c1-19(15-17-30-24-9-5-8-22(18-24)27(31)25(26)28)14-16-29-23-12-10-21(11-13-23)20-6-3-2-4-7-20/h2-13,18-19,31H,14-17H2,1H3,(H2,26,28). The summed E-state index contributed by atoms with van der Waals surface area (Å²) in [5, 5.41) is 0. The number of carbonyl (C=O) groups excluding carboxylic acids is 1. The van der Waals surface area contributed by atoms with Crippen LogP contribution in [0, 0.1) is 5.92 Å². The van der Waals surface area contributed by atoms with Gasteiger partial charge in [0.1, 0.15) is 11.5 Å². The van der Waals surface area contributed by atoms with Crippen molar-refractivity contribution in [1.29, 1.82) is 0 Å². The molecule has 0 radical (unpaired) electrons. The lowest BCUT2D eigenvalue weighted by Crippen LogP contribution is -2.27. The number of anilines is 1. The number of rotatable bonds is 10. The fraction of sp³-hybridized carbons (Fsp3) is 0.240. The van der Waals surface area contributed by atoms with Gasteiger partial charge in [-0.2, -0.15) is 0 Å². The van der Waals surface area contributed by atoms with Crippen LogP contribution in [0.5, 0.6) is 11.5 Å². The Labute approximate surface area is 189 Å². The molecule has 0 saturated carbocycles. The second-order valence-corrected chi connectivity index (χ2v) is 7.82. The summed E-state index contributed by atoms with van der Waals surface area (Å²) in [5.41, 5.74) is 8.19. The van der Waals surface area contributed by atoms with Crippen molar-refractivity contribution in [3.05, 3.63) is 78.9 Å². The predicted molar refractivity (Wildman–Crippen MR) is 129 cm³/mol. The third-order valence-electron chi connectivity index (χ3n) is 4.99. The van der Waals surface area contributed by atoms with Crippen molar-refractivity contribution in [2.45, 2.75) is 19.8 Å². The molecule has 1 unspecified atom stereocenters. The number of hydrogen-bond donors (Lipinski definition) is 2. The van der Waals surface area contributed by atoms with Crippen LogP contribution in [0.2, 0.25) is 0 Å². The first-order valence-electron chi connectivity index (χ1n) is 10.3. The van der Waals surface area contributed by atoms with E-state index in [9.17, 15) is 4.79 Å². The normalized spacial score (nSPS) is 11.5. The molecule has 0 fully saturated rings. The summed E-state index contributed by atoms with van der Waals surface area (Å²) in [6, 6.07) is 25.0. The zero-order valence-electron chi connectivity index (χ0n) is 17.6. The lowest BCUT2D eigenvalue weighted by atomic mass is 10.1. The molecule has 0 saturated heterocycles. The van der Waals surface area contributed by atoms with Crippen molar-refractivity contribution in [3.63, 3.8) is 0 Å². The zero-order valence-corrected chi connectivity index (χ0v) is 18.5. The van der Waals surface area contributed by atoms with Crippen LogP contribution in [-0.2, 0) is 0 Å². The number of hydrogen-bond acceptors (Lipinski definition) is 4. The Morgan fingerprint density at radius 2 is 1.48 bits per heavy atom. The van der Waals surface area contributed by atoms with Crippen molar-refractivity contribution in [2.24, 2.45) is 11.7 Å². The molecule has 31 heavy (non-hydrogen) atoms. The molecule has 0 aromatic heterocycles. The van der Waals surface area contributed by atoms with E-state index < -0.39 is 6.03 Å². The molecule has 3 aromatic rings. The van der Waals surface area contributed by atoms with E-state index in [1.807, 2.05) is 36.4 Å². The minimum absolute atomic E-state index is 0.457. The highest BCUT2D eigenvalue weighted by Gasteiger charge is 2.09. The van der Waals surface area contributed by atoms with E-state index in [-0.39, 0.29) is 0 Å². The topological polar surface area (TPSA) is 64.8 Å². The molecular weight excluding hydrogens is 408 g/mol. The molecule has 6 heteroatoms. The maximum Gasteiger partial charge on any atom is 0.329 e. The largest absolute Gasteiger partial charge is 0.494 e. The van der Waals surface area contributed by atoms with E-state index in [4.69, 9.17) is 15.2 Å². The van der Waals surface area contributed by atoms with Crippen molar-refractivity contribution in [2.75, 3.05) is 17.5 Å². The molecule has 0 aliphatic heterocycles. The number of urea groups is 1. The van der Waals surface area contributed by atoms with Gasteiger partial charge in [-0.1, -0.05) is 68.3 Å². The van der Waals surface area contributed by atoms with Crippen LogP contribution >= 0.6 is 12.8 Å². The SMILES string of the molecule is CC(CCOc1ccc(-c2ccccc2)cc1)CCOc1cccc(N(S)C(N)=O)c1. The molecule has 0 bridgehead atoms. The van der Waals surface area contributed by atoms with Crippen LogP contribution in [0.4, 0.5) is 10.5 Å². The van der Waals surface area contributed by atoms with E-state index in [0.29, 0.717) is 30.6 Å². The van der Waals surface area contributed by atoms with E-state index in [1.54, 1.807) is 18.2 Å². The van der Waals surface area contributed by atoms with Crippen LogP contribution in [0.3, 0.4) is 0 Å². The lowest BCUT2D eigenvalue weighted by molar-refractivity contribution is 0.245. The van der Waals surface area contributed by atoms with Gasteiger partial charge in [0.2, 0.25) is 0 Å². The first-order valence-corrected chi connectivity index (χ1v) is 10.7. The van der Waals surface area contributed by atoms with Gasteiger partial charge in [0.25, 0.3) is 0 Å². The Bertz CT molecular complexity index is 964. The van der Waals surface area contributed by atoms with E-state index in [2.05, 4.69) is 44.0 Å². The minimum Gasteiger partial charge on any atom is -0.494 e. The highest BCUT2D eigenvalue weighted by Crippen LogP contribution is 2.24. The highest BCUT2D eigenvalue weighted by atomic mass is 32.1. The van der Waals surface area contributed by atoms with Crippen molar-refractivity contribution in [3.8, 4) is 22.6 Å². The van der Waals surface area contributed by atoms with Gasteiger partial charge in [-0.15, -0.1) is 0 Å². The zero-order chi connectivity index (χ0) is 22.1. The molecule has 0 spiro atoms. The van der Waals surface area contributed by atoms with E-state index in [1.165, 1.54) is 11.1 Å². The number of carbonyl (C=O) groups is 1. The van der Waals surface area contributed by atoms with Crippen LogP contribution in [-0.4, -0.2) is 19.2 Å². The fourth-order valence-corrected chi connectivity index (χ4v) is 3.23. The molecule has 3 rings (SSSR count). The molecule has 5 nitrogen and oxygen atoms in total. The Balaban J connectivity index is 1.37. The highest BCUT2D eigenvalue weighted by molar-refractivity contribution is 7.82. The van der Waals surface area contributed by atoms with Crippen molar-refractivity contribution >= 4 is 24.5 Å². The Morgan fingerprint density at radius 1 is 0.871 bits per heavy atom. The summed E-state index contributed by atoms with van der Waals surface area (Å²) < 4.78 is 12.8. The Morgan fingerprint density at radius 3 is 2.13 bits per heavy atom. The van der Waals surface area contributed by atoms with E-state index in [0.717, 1.165) is 22.9 Å². The molecule has 162 valence electrons. The maximum atomic E-state index is 11.2. The predicted octanol–water partition coefficient (Wildman–Crippen LogP) is 5.96. The summed E-state index contributed by atoms with van der Waals surface area (Å²) in [7, 11) is 0. The van der Waals surface area contributed by atoms with Gasteiger partial charge in [-0.05, 0) is 54.2 Å². The molecule has 3 aromatic carbocycles. The van der Waals surface area contributed by atoms with Gasteiger partial charge in [0.15, 0.2) is 0 Å². The molecule has 0 heterocycles. The van der Waals surface area contributed by atoms with Crippen molar-refractivity contribution < 1.29 is 14.3 Å². The fourth-order valence-electron chi connectivity index (χ4n) is 3.11. The van der Waals surface area contributed by atoms with Gasteiger partial charge in [0.05, 0.1) is 18.9 Å². The first-order chi connectivity index (χ1) is 15.0. The molecule has 0 aliphatic rings. The molecule has 1 atom stereocenters. The van der Waals surface area contributed by atoms with Crippen LogP contribution in [0.15, 0.2) is 78.9 Å². The summed E-state index contributed by atoms with van der Waals surface area (Å²) in [4.78, 5) is 11.2. The van der Waals surface area contributed by atoms with Gasteiger partial charge < -0.3 is 15.2 Å². The summed E-state index contributed by atoms with van der Waals surface area (Å²) in [5.74, 6) is 2.02. The summed E-state index contributed by atoms with van der Waals surface area (Å²) in [6.45, 7) is 3.43.